The Kier molecular flexibility index (Phi) is 4.76. The van der Waals surface area contributed by atoms with E-state index in [2.05, 4.69) is 5.32 Å². The average molecular weight is 430 g/mol. The Morgan fingerprint density at radius 2 is 1.81 bits per heavy atom. The maximum absolute atomic E-state index is 13.2. The zero-order chi connectivity index (χ0) is 21.4. The standard InChI is InChI=1S/C23H19N5O2S/c1-30-15-10-8-14(9-11-15)28-21(24)19(23(29)25-13-16-5-4-12-31-16)20-22(28)27-18-7-3-2-6-17(18)26-20/h2-12H,13,24H2,1H3,(H,25,29). The molecule has 2 aromatic carbocycles. The smallest absolute Gasteiger partial charge is 0.257 e. The minimum absolute atomic E-state index is 0.284. The van der Waals surface area contributed by atoms with E-state index in [-0.39, 0.29) is 5.91 Å². The summed E-state index contributed by atoms with van der Waals surface area (Å²) in [4.78, 5) is 23.7. The van der Waals surface area contributed by atoms with Gasteiger partial charge in [0.25, 0.3) is 5.91 Å². The number of hydrogen-bond donors (Lipinski definition) is 2. The van der Waals surface area contributed by atoms with Crippen molar-refractivity contribution >= 4 is 45.3 Å². The highest BCUT2D eigenvalue weighted by Crippen LogP contribution is 2.31. The third kappa shape index (κ3) is 3.36. The van der Waals surface area contributed by atoms with Crippen LogP contribution in [-0.2, 0) is 6.54 Å². The molecular weight excluding hydrogens is 410 g/mol. The molecule has 5 rings (SSSR count). The Bertz CT molecular complexity index is 1390. The summed E-state index contributed by atoms with van der Waals surface area (Å²) in [6, 6.07) is 18.9. The summed E-state index contributed by atoms with van der Waals surface area (Å²) in [6.07, 6.45) is 0. The van der Waals surface area contributed by atoms with Gasteiger partial charge in [0.15, 0.2) is 5.65 Å². The van der Waals surface area contributed by atoms with Crippen molar-refractivity contribution in [3.8, 4) is 11.4 Å². The van der Waals surface area contributed by atoms with Gasteiger partial charge in [-0.15, -0.1) is 11.3 Å². The molecule has 3 heterocycles. The number of fused-ring (bicyclic) bond motifs is 2. The molecule has 0 radical (unpaired) electrons. The van der Waals surface area contributed by atoms with Crippen LogP contribution in [0.4, 0.5) is 5.82 Å². The van der Waals surface area contributed by atoms with Crippen molar-refractivity contribution in [2.45, 2.75) is 6.54 Å². The lowest BCUT2D eigenvalue weighted by molar-refractivity contribution is 0.0953. The molecule has 31 heavy (non-hydrogen) atoms. The van der Waals surface area contributed by atoms with Gasteiger partial charge in [0.1, 0.15) is 22.6 Å². The van der Waals surface area contributed by atoms with Gasteiger partial charge in [-0.25, -0.2) is 9.97 Å². The summed E-state index contributed by atoms with van der Waals surface area (Å²) in [5, 5.41) is 4.93. The summed E-state index contributed by atoms with van der Waals surface area (Å²) >= 11 is 1.58. The second kappa shape index (κ2) is 7.73. The largest absolute Gasteiger partial charge is 0.497 e. The Balaban J connectivity index is 1.68. The zero-order valence-corrected chi connectivity index (χ0v) is 17.5. The number of aromatic nitrogens is 3. The topological polar surface area (TPSA) is 95.1 Å². The second-order valence-electron chi connectivity index (χ2n) is 6.94. The van der Waals surface area contributed by atoms with Crippen molar-refractivity contribution in [2.24, 2.45) is 0 Å². The number of rotatable bonds is 5. The predicted octanol–water partition coefficient (Wildman–Crippen LogP) is 4.16. The molecule has 0 unspecified atom stereocenters. The fraction of sp³-hybridized carbons (Fsp3) is 0.0870. The van der Waals surface area contributed by atoms with Gasteiger partial charge in [0, 0.05) is 10.6 Å². The normalized spacial score (nSPS) is 11.1. The molecule has 0 spiro atoms. The maximum atomic E-state index is 13.2. The summed E-state index contributed by atoms with van der Waals surface area (Å²) in [7, 11) is 1.61. The van der Waals surface area contributed by atoms with Crippen molar-refractivity contribution in [2.75, 3.05) is 12.8 Å². The molecule has 0 bridgehead atoms. The summed E-state index contributed by atoms with van der Waals surface area (Å²) in [5.74, 6) is 0.733. The molecule has 8 heteroatoms. The van der Waals surface area contributed by atoms with Crippen molar-refractivity contribution in [1.29, 1.82) is 0 Å². The first kappa shape index (κ1) is 19.1. The summed E-state index contributed by atoms with van der Waals surface area (Å²) in [6.45, 7) is 0.423. The van der Waals surface area contributed by atoms with Crippen LogP contribution in [0.3, 0.4) is 0 Å². The molecule has 0 atom stereocenters. The predicted molar refractivity (Wildman–Crippen MR) is 123 cm³/mol. The van der Waals surface area contributed by atoms with Crippen molar-refractivity contribution in [1.82, 2.24) is 19.9 Å². The number of anilines is 1. The number of hydrogen-bond acceptors (Lipinski definition) is 6. The number of nitrogens with one attached hydrogen (secondary N) is 1. The lowest BCUT2D eigenvalue weighted by atomic mass is 10.2. The van der Waals surface area contributed by atoms with Crippen LogP contribution in [0.15, 0.2) is 66.0 Å². The molecule has 3 aromatic heterocycles. The number of benzene rings is 2. The summed E-state index contributed by atoms with van der Waals surface area (Å²) in [5.41, 5.74) is 10.0. The Morgan fingerprint density at radius 1 is 1.06 bits per heavy atom. The summed E-state index contributed by atoms with van der Waals surface area (Å²) < 4.78 is 7.02. The quantitative estimate of drug-likeness (QED) is 0.438. The molecule has 0 fully saturated rings. The molecule has 5 aromatic rings. The van der Waals surface area contributed by atoms with Crippen LogP contribution in [0.25, 0.3) is 27.9 Å². The van der Waals surface area contributed by atoms with E-state index in [0.29, 0.717) is 34.6 Å². The van der Waals surface area contributed by atoms with Gasteiger partial charge < -0.3 is 15.8 Å². The van der Waals surface area contributed by atoms with Gasteiger partial charge in [-0.1, -0.05) is 18.2 Å². The number of para-hydroxylation sites is 2. The number of carbonyl (C=O) groups is 1. The van der Waals surface area contributed by atoms with E-state index in [1.165, 1.54) is 0 Å². The van der Waals surface area contributed by atoms with E-state index in [4.69, 9.17) is 20.4 Å². The van der Waals surface area contributed by atoms with Crippen LogP contribution in [-0.4, -0.2) is 27.6 Å². The highest BCUT2D eigenvalue weighted by Gasteiger charge is 2.24. The number of nitrogen functional groups attached to an aromatic ring is 1. The van der Waals surface area contributed by atoms with E-state index in [9.17, 15) is 4.79 Å². The third-order valence-electron chi connectivity index (χ3n) is 5.06. The van der Waals surface area contributed by atoms with E-state index in [0.717, 1.165) is 21.8 Å². The van der Waals surface area contributed by atoms with E-state index < -0.39 is 0 Å². The lowest BCUT2D eigenvalue weighted by Gasteiger charge is -2.09. The van der Waals surface area contributed by atoms with Crippen LogP contribution in [0, 0.1) is 0 Å². The van der Waals surface area contributed by atoms with Gasteiger partial charge in [-0.3, -0.25) is 9.36 Å². The molecule has 0 saturated carbocycles. The average Bonchev–Trinajstić information content (AvgIpc) is 3.41. The minimum atomic E-state index is -0.284. The number of amides is 1. The van der Waals surface area contributed by atoms with E-state index in [1.54, 1.807) is 23.0 Å². The van der Waals surface area contributed by atoms with Gasteiger partial charge in [-0.2, -0.15) is 0 Å². The third-order valence-corrected chi connectivity index (χ3v) is 5.94. The zero-order valence-electron chi connectivity index (χ0n) is 16.7. The monoisotopic (exact) mass is 429 g/mol. The molecule has 154 valence electrons. The molecule has 0 aliphatic heterocycles. The molecular formula is C23H19N5O2S. The molecule has 1 amide bonds. The number of carbonyl (C=O) groups excluding carboxylic acids is 1. The Labute approximate surface area is 182 Å². The molecule has 0 aliphatic rings. The van der Waals surface area contributed by atoms with Crippen molar-refractivity contribution in [3.63, 3.8) is 0 Å². The fourth-order valence-electron chi connectivity index (χ4n) is 3.55. The van der Waals surface area contributed by atoms with E-state index in [1.807, 2.05) is 66.0 Å². The molecule has 7 nitrogen and oxygen atoms in total. The first-order chi connectivity index (χ1) is 15.2. The lowest BCUT2D eigenvalue weighted by Crippen LogP contribution is -2.23. The number of nitrogens with zero attached hydrogens (tertiary/aromatic N) is 3. The highest BCUT2D eigenvalue weighted by molar-refractivity contribution is 7.09. The van der Waals surface area contributed by atoms with Crippen LogP contribution < -0.4 is 15.8 Å². The first-order valence-corrected chi connectivity index (χ1v) is 10.6. The number of ether oxygens (including phenoxy) is 1. The molecule has 0 aliphatic carbocycles. The van der Waals surface area contributed by atoms with Crippen molar-refractivity contribution < 1.29 is 9.53 Å². The molecule has 3 N–H and O–H groups in total. The number of thiophene rings is 1. The van der Waals surface area contributed by atoms with Crippen LogP contribution >= 0.6 is 11.3 Å². The molecule has 0 saturated heterocycles. The Morgan fingerprint density at radius 3 is 2.48 bits per heavy atom. The number of nitrogens with two attached hydrogens (primary N) is 1. The second-order valence-corrected chi connectivity index (χ2v) is 7.97. The van der Waals surface area contributed by atoms with Crippen molar-refractivity contribution in [3.05, 3.63) is 76.5 Å². The SMILES string of the molecule is COc1ccc(-n2c(N)c(C(=O)NCc3cccs3)c3nc4ccccc4nc32)cc1. The Hall–Kier alpha value is -3.91. The van der Waals surface area contributed by atoms with Gasteiger partial charge >= 0.3 is 0 Å². The number of methoxy groups -OCH3 is 1. The van der Waals surface area contributed by atoms with Crippen LogP contribution in [0.1, 0.15) is 15.2 Å². The fourth-order valence-corrected chi connectivity index (χ4v) is 4.19. The van der Waals surface area contributed by atoms with Crippen LogP contribution in [0.5, 0.6) is 5.75 Å². The first-order valence-electron chi connectivity index (χ1n) is 9.67. The van der Waals surface area contributed by atoms with Gasteiger partial charge in [-0.05, 0) is 47.8 Å². The minimum Gasteiger partial charge on any atom is -0.497 e. The highest BCUT2D eigenvalue weighted by atomic mass is 32.1. The van der Waals surface area contributed by atoms with Gasteiger partial charge in [0.05, 0.1) is 24.7 Å². The van der Waals surface area contributed by atoms with Crippen LogP contribution in [0.2, 0.25) is 0 Å². The maximum Gasteiger partial charge on any atom is 0.257 e. The van der Waals surface area contributed by atoms with E-state index >= 15 is 0 Å². The van der Waals surface area contributed by atoms with Gasteiger partial charge in [0.2, 0.25) is 0 Å².